The topological polar surface area (TPSA) is 195 Å². The molecule has 1 unspecified atom stereocenters. The van der Waals surface area contributed by atoms with Crippen LogP contribution in [0.15, 0.2) is 115 Å². The number of carbonyl (C=O) groups is 2. The molecule has 2 aromatic heterocycles. The Morgan fingerprint density at radius 3 is 1.63 bits per heavy atom. The van der Waals surface area contributed by atoms with Crippen molar-refractivity contribution >= 4 is 63.4 Å². The molecule has 6 aromatic rings. The summed E-state index contributed by atoms with van der Waals surface area (Å²) in [7, 11) is -1.39. The number of halogens is 2. The van der Waals surface area contributed by atoms with Gasteiger partial charge < -0.3 is 36.4 Å². The maximum atomic E-state index is 13.1. The number of hydrogen-bond donors (Lipinski definition) is 6. The van der Waals surface area contributed by atoms with E-state index in [9.17, 15) is 24.0 Å². The Balaban J connectivity index is 0.000000197. The van der Waals surface area contributed by atoms with E-state index in [0.29, 0.717) is 70.1 Å². The van der Waals surface area contributed by atoms with Crippen molar-refractivity contribution in [3.05, 3.63) is 164 Å². The number of carbonyl (C=O) groups excluding carboxylic acids is 2. The van der Waals surface area contributed by atoms with Crippen LogP contribution in [0.4, 0.5) is 17.6 Å². The summed E-state index contributed by atoms with van der Waals surface area (Å²) in [6.45, 7) is 3.22. The van der Waals surface area contributed by atoms with Crippen LogP contribution in [0.2, 0.25) is 10.0 Å². The Hall–Kier alpha value is -5.97. The van der Waals surface area contributed by atoms with Crippen molar-refractivity contribution < 1.29 is 24.0 Å². The van der Waals surface area contributed by atoms with Gasteiger partial charge in [0.15, 0.2) is 0 Å². The third kappa shape index (κ3) is 12.4. The van der Waals surface area contributed by atoms with Gasteiger partial charge in [0.1, 0.15) is 22.8 Å². The third-order valence-corrected chi connectivity index (χ3v) is 12.9. The summed E-state index contributed by atoms with van der Waals surface area (Å²) >= 11 is 12.4. The molecule has 1 aliphatic heterocycles. The molecule has 338 valence electrons. The van der Waals surface area contributed by atoms with Crippen LogP contribution in [0.5, 0.6) is 0 Å². The third-order valence-electron chi connectivity index (χ3n) is 11.5. The van der Waals surface area contributed by atoms with Crippen molar-refractivity contribution in [3.63, 3.8) is 0 Å². The molecular formula is C48H51Cl2N9O5S. The van der Waals surface area contributed by atoms with Gasteiger partial charge in [-0.1, -0.05) is 115 Å². The molecule has 1 saturated heterocycles. The SMILES string of the molecule is CS(=O)c1ncc(C(=O)NCc2ccccc2)c(NCc2ccc(CO)c(Cl)c2)n1.O=C(NCc1ccccc1)c1cnc(N2CCC3(CCC3)C2)nc1NCc1ccc(CO)c(Cl)c1. The summed E-state index contributed by atoms with van der Waals surface area (Å²) in [5.41, 5.74) is 6.14. The number of amides is 2. The minimum absolute atomic E-state index is 0.106. The van der Waals surface area contributed by atoms with Gasteiger partial charge in [0.05, 0.1) is 24.0 Å². The summed E-state index contributed by atoms with van der Waals surface area (Å²) < 4.78 is 11.8. The molecular weight excluding hydrogens is 886 g/mol. The van der Waals surface area contributed by atoms with Crippen molar-refractivity contribution in [1.82, 2.24) is 30.6 Å². The van der Waals surface area contributed by atoms with Crippen LogP contribution in [0.1, 0.15) is 79.8 Å². The molecule has 4 aromatic carbocycles. The summed E-state index contributed by atoms with van der Waals surface area (Å²) in [6.07, 6.45) is 9.50. The Bertz CT molecular complexity index is 2620. The molecule has 14 nitrogen and oxygen atoms in total. The number of aliphatic hydroxyl groups excluding tert-OH is 2. The highest BCUT2D eigenvalue weighted by Crippen LogP contribution is 2.48. The van der Waals surface area contributed by atoms with E-state index in [1.165, 1.54) is 38.1 Å². The molecule has 1 aliphatic carbocycles. The van der Waals surface area contributed by atoms with Crippen molar-refractivity contribution in [2.75, 3.05) is 34.9 Å². The number of rotatable bonds is 16. The number of aliphatic hydroxyl groups is 2. The van der Waals surface area contributed by atoms with Gasteiger partial charge in [-0.25, -0.2) is 15.0 Å². The fourth-order valence-corrected chi connectivity index (χ4v) is 8.54. The Morgan fingerprint density at radius 1 is 0.677 bits per heavy atom. The first-order valence-corrected chi connectivity index (χ1v) is 23.6. The fourth-order valence-electron chi connectivity index (χ4n) is 7.60. The highest BCUT2D eigenvalue weighted by molar-refractivity contribution is 7.84. The second-order valence-electron chi connectivity index (χ2n) is 16.0. The smallest absolute Gasteiger partial charge is 0.256 e. The van der Waals surface area contributed by atoms with Gasteiger partial charge in [0, 0.05) is 68.0 Å². The molecule has 17 heteroatoms. The average molecular weight is 937 g/mol. The molecule has 1 saturated carbocycles. The van der Waals surface area contributed by atoms with Crippen molar-refractivity contribution in [1.29, 1.82) is 0 Å². The molecule has 2 aliphatic rings. The van der Waals surface area contributed by atoms with Crippen LogP contribution in [0.25, 0.3) is 0 Å². The molecule has 2 amide bonds. The van der Waals surface area contributed by atoms with E-state index in [-0.39, 0.29) is 41.6 Å². The van der Waals surface area contributed by atoms with Gasteiger partial charge in [-0.15, -0.1) is 0 Å². The number of benzene rings is 4. The van der Waals surface area contributed by atoms with Crippen LogP contribution in [-0.2, 0) is 50.2 Å². The molecule has 0 radical (unpaired) electrons. The van der Waals surface area contributed by atoms with Gasteiger partial charge in [-0.3, -0.25) is 13.8 Å². The van der Waals surface area contributed by atoms with Gasteiger partial charge in [-0.2, -0.15) is 4.98 Å². The number of aromatic nitrogens is 4. The first-order chi connectivity index (χ1) is 31.5. The van der Waals surface area contributed by atoms with Crippen molar-refractivity contribution in [3.8, 4) is 0 Å². The lowest BCUT2D eigenvalue weighted by Crippen LogP contribution is -2.34. The van der Waals surface area contributed by atoms with Gasteiger partial charge >= 0.3 is 0 Å². The van der Waals surface area contributed by atoms with Crippen LogP contribution in [-0.4, -0.2) is 65.5 Å². The lowest BCUT2D eigenvalue weighted by molar-refractivity contribution is 0.0942. The van der Waals surface area contributed by atoms with Crippen LogP contribution < -0.4 is 26.2 Å². The number of anilines is 3. The van der Waals surface area contributed by atoms with E-state index in [2.05, 4.69) is 41.1 Å². The second kappa shape index (κ2) is 22.3. The van der Waals surface area contributed by atoms with Gasteiger partial charge in [0.2, 0.25) is 11.1 Å². The Morgan fingerprint density at radius 2 is 1.18 bits per heavy atom. The van der Waals surface area contributed by atoms with E-state index in [0.717, 1.165) is 35.3 Å². The van der Waals surface area contributed by atoms with E-state index >= 15 is 0 Å². The van der Waals surface area contributed by atoms with E-state index in [4.69, 9.17) is 28.2 Å². The minimum Gasteiger partial charge on any atom is -0.392 e. The highest BCUT2D eigenvalue weighted by Gasteiger charge is 2.43. The predicted octanol–water partition coefficient (Wildman–Crippen LogP) is 7.45. The predicted molar refractivity (Wildman–Crippen MR) is 254 cm³/mol. The van der Waals surface area contributed by atoms with E-state index in [1.54, 1.807) is 24.4 Å². The molecule has 1 spiro atoms. The van der Waals surface area contributed by atoms with Crippen LogP contribution in [0, 0.1) is 5.41 Å². The Labute approximate surface area is 390 Å². The van der Waals surface area contributed by atoms with Gasteiger partial charge in [-0.05, 0) is 70.2 Å². The zero-order chi connectivity index (χ0) is 45.8. The summed E-state index contributed by atoms with van der Waals surface area (Å²) in [6, 6.07) is 30.1. The monoisotopic (exact) mass is 935 g/mol. The molecule has 65 heavy (non-hydrogen) atoms. The summed E-state index contributed by atoms with van der Waals surface area (Å²) in [5.74, 6) is 0.863. The first kappa shape index (κ1) is 47.0. The van der Waals surface area contributed by atoms with Crippen LogP contribution >= 0.6 is 23.2 Å². The number of nitrogens with one attached hydrogen (secondary N) is 4. The van der Waals surface area contributed by atoms with Crippen LogP contribution in [0.3, 0.4) is 0 Å². The number of nitrogens with zero attached hydrogens (tertiary/aromatic N) is 5. The standard InChI is InChI=1S/C27H30ClN5O2.C21H21ClN4O3S/c28-23-13-20(7-8-21(23)17-34)15-29-24-22(25(35)30-14-19-5-2-1-3-6-19)16-31-26(32-24)33-12-11-27(18-33)9-4-10-27;1-30(29)21-25-12-17(20(28)24-10-14-5-3-2-4-6-14)19(26-21)23-11-15-7-8-16(13-27)18(22)9-15/h1-3,5-8,13,16,34H,4,9-12,14-15,17-18H2,(H,30,35)(H,29,31,32);2-9,12,27H,10-11,13H2,1H3,(H,24,28)(H,23,25,26). The quantitative estimate of drug-likeness (QED) is 0.0526. The first-order valence-electron chi connectivity index (χ1n) is 21.2. The summed E-state index contributed by atoms with van der Waals surface area (Å²) in [5, 5.41) is 32.0. The molecule has 0 bridgehead atoms. The number of hydrogen-bond acceptors (Lipinski definition) is 12. The molecule has 6 N–H and O–H groups in total. The largest absolute Gasteiger partial charge is 0.392 e. The van der Waals surface area contributed by atoms with E-state index in [1.807, 2.05) is 78.9 Å². The maximum absolute atomic E-state index is 13.1. The van der Waals surface area contributed by atoms with Crippen molar-refractivity contribution in [2.24, 2.45) is 5.41 Å². The molecule has 3 heterocycles. The zero-order valence-corrected chi connectivity index (χ0v) is 38.2. The average Bonchev–Trinajstić information content (AvgIpc) is 3.79. The van der Waals surface area contributed by atoms with Gasteiger partial charge in [0.25, 0.3) is 11.8 Å². The highest BCUT2D eigenvalue weighted by atomic mass is 35.5. The van der Waals surface area contributed by atoms with Crippen molar-refractivity contribution in [2.45, 2.75) is 70.2 Å². The zero-order valence-electron chi connectivity index (χ0n) is 35.9. The summed E-state index contributed by atoms with van der Waals surface area (Å²) in [4.78, 5) is 45.7. The molecule has 8 rings (SSSR count). The molecule has 1 atom stereocenters. The fraction of sp³-hybridized carbons (Fsp3) is 0.292. The van der Waals surface area contributed by atoms with E-state index < -0.39 is 10.8 Å². The lowest BCUT2D eigenvalue weighted by Gasteiger charge is -2.37. The Kier molecular flexibility index (Phi) is 16.1. The minimum atomic E-state index is -1.39. The lowest BCUT2D eigenvalue weighted by atomic mass is 9.68. The normalized spacial score (nSPS) is 14.1. The second-order valence-corrected chi connectivity index (χ2v) is 18.1. The molecule has 2 fully saturated rings. The maximum Gasteiger partial charge on any atom is 0.256 e.